The summed E-state index contributed by atoms with van der Waals surface area (Å²) >= 11 is 0. The zero-order chi connectivity index (χ0) is 24.0. The number of anilines is 2. The fourth-order valence-corrected chi connectivity index (χ4v) is 4.45. The highest BCUT2D eigenvalue weighted by Crippen LogP contribution is 2.28. The maximum Gasteiger partial charge on any atom is 0.0897 e. The first-order valence-electron chi connectivity index (χ1n) is 12.3. The molecular formula is C30H31N5. The van der Waals surface area contributed by atoms with Gasteiger partial charge in [0.2, 0.25) is 0 Å². The molecule has 2 aliphatic rings. The predicted octanol–water partition coefficient (Wildman–Crippen LogP) is 6.46. The van der Waals surface area contributed by atoms with Crippen molar-refractivity contribution in [3.05, 3.63) is 102 Å². The number of hydrogen-bond acceptors (Lipinski definition) is 4. The van der Waals surface area contributed by atoms with Gasteiger partial charge in [-0.2, -0.15) is 0 Å². The van der Waals surface area contributed by atoms with E-state index in [4.69, 9.17) is 9.98 Å². The van der Waals surface area contributed by atoms with Gasteiger partial charge < -0.3 is 14.8 Å². The van der Waals surface area contributed by atoms with Gasteiger partial charge in [0, 0.05) is 18.8 Å². The van der Waals surface area contributed by atoms with Crippen molar-refractivity contribution < 1.29 is 0 Å². The predicted molar refractivity (Wildman–Crippen MR) is 146 cm³/mol. The summed E-state index contributed by atoms with van der Waals surface area (Å²) < 4.78 is 2.40. The van der Waals surface area contributed by atoms with Crippen LogP contribution in [0.5, 0.6) is 0 Å². The first-order chi connectivity index (χ1) is 17.2. The highest BCUT2D eigenvalue weighted by Gasteiger charge is 2.16. The van der Waals surface area contributed by atoms with E-state index in [1.54, 1.807) is 0 Å². The van der Waals surface area contributed by atoms with E-state index in [1.165, 1.54) is 0 Å². The molecule has 1 N–H and O–H groups in total. The standard InChI is InChI=1S/C30H31N5/c1-3-34(4-2)19-20-35-29-18-12-11-17-25(29)33-28-21-26(31-23-13-7-5-8-14-23)27(22-30(28)35)32-24-15-9-6-10-16-24/h5-18,21-22,31H,3-4,19-20H2,1-2H3. The quantitative estimate of drug-likeness (QED) is 0.270. The van der Waals surface area contributed by atoms with Crippen molar-refractivity contribution in [2.75, 3.05) is 25.0 Å². The second kappa shape index (κ2) is 10.5. The van der Waals surface area contributed by atoms with Crippen LogP contribution in [0.25, 0.3) is 22.4 Å². The average molecular weight is 462 g/mol. The van der Waals surface area contributed by atoms with Gasteiger partial charge in [-0.05, 0) is 61.6 Å². The van der Waals surface area contributed by atoms with Gasteiger partial charge in [0.25, 0.3) is 0 Å². The van der Waals surface area contributed by atoms with E-state index in [0.29, 0.717) is 0 Å². The lowest BCUT2D eigenvalue weighted by atomic mass is 10.1. The van der Waals surface area contributed by atoms with E-state index < -0.39 is 0 Å². The van der Waals surface area contributed by atoms with Crippen molar-refractivity contribution in [2.24, 2.45) is 4.99 Å². The molecule has 5 heteroatoms. The van der Waals surface area contributed by atoms with Crippen LogP contribution in [0.15, 0.2) is 102 Å². The number of aromatic nitrogens is 2. The number of nitrogens with zero attached hydrogens (tertiary/aromatic N) is 4. The summed E-state index contributed by atoms with van der Waals surface area (Å²) in [6, 6.07) is 33.0. The Morgan fingerprint density at radius 2 is 1.51 bits per heavy atom. The average Bonchev–Trinajstić information content (AvgIpc) is 2.90. The first-order valence-corrected chi connectivity index (χ1v) is 12.3. The van der Waals surface area contributed by atoms with E-state index in [2.05, 4.69) is 77.2 Å². The molecule has 5 nitrogen and oxygen atoms in total. The minimum Gasteiger partial charge on any atom is -0.354 e. The minimum absolute atomic E-state index is 0.886. The summed E-state index contributed by atoms with van der Waals surface area (Å²) in [5.41, 5.74) is 7.06. The number of hydrogen-bond donors (Lipinski definition) is 1. The molecule has 1 aliphatic heterocycles. The van der Waals surface area contributed by atoms with Crippen molar-refractivity contribution in [1.29, 1.82) is 0 Å². The van der Waals surface area contributed by atoms with Gasteiger partial charge >= 0.3 is 0 Å². The number of benzene rings is 4. The summed E-state index contributed by atoms with van der Waals surface area (Å²) in [5.74, 6) is 0. The SMILES string of the molecule is CCN(CC)CCn1c2cc(=Nc3ccccc3)c(Nc3ccccc3)cc-2nc2ccccc21. The minimum atomic E-state index is 0.886. The second-order valence-electron chi connectivity index (χ2n) is 8.58. The third-order valence-corrected chi connectivity index (χ3v) is 6.39. The molecule has 0 unspecified atom stereocenters. The third-order valence-electron chi connectivity index (χ3n) is 6.39. The fraction of sp³-hybridized carbons (Fsp3) is 0.200. The third kappa shape index (κ3) is 5.10. The first kappa shape index (κ1) is 22.8. The number of likely N-dealkylation sites (N-methyl/N-ethyl adjacent to an activating group) is 1. The van der Waals surface area contributed by atoms with Crippen LogP contribution >= 0.6 is 0 Å². The number of nitrogens with one attached hydrogen (secondary N) is 1. The summed E-state index contributed by atoms with van der Waals surface area (Å²) in [5, 5.41) is 4.46. The van der Waals surface area contributed by atoms with E-state index in [1.807, 2.05) is 48.5 Å². The summed E-state index contributed by atoms with van der Waals surface area (Å²) in [6.07, 6.45) is 0. The highest BCUT2D eigenvalue weighted by molar-refractivity contribution is 5.82. The lowest BCUT2D eigenvalue weighted by Crippen LogP contribution is -2.28. The summed E-state index contributed by atoms with van der Waals surface area (Å²) in [4.78, 5) is 12.5. The van der Waals surface area contributed by atoms with Crippen LogP contribution in [-0.2, 0) is 6.54 Å². The molecule has 176 valence electrons. The van der Waals surface area contributed by atoms with Gasteiger partial charge in [-0.3, -0.25) is 0 Å². The van der Waals surface area contributed by atoms with Crippen LogP contribution in [0.3, 0.4) is 0 Å². The van der Waals surface area contributed by atoms with Crippen LogP contribution in [-0.4, -0.2) is 34.1 Å². The Kier molecular flexibility index (Phi) is 6.87. The maximum absolute atomic E-state index is 5.04. The molecule has 0 radical (unpaired) electrons. The molecule has 3 aromatic rings. The molecular weight excluding hydrogens is 430 g/mol. The molecule has 1 aliphatic carbocycles. The Labute approximate surface area is 206 Å². The summed E-state index contributed by atoms with van der Waals surface area (Å²) in [6.45, 7) is 8.38. The Morgan fingerprint density at radius 1 is 0.829 bits per heavy atom. The van der Waals surface area contributed by atoms with Gasteiger partial charge in [0.05, 0.1) is 39.2 Å². The number of fused-ring (bicyclic) bond motifs is 2. The molecule has 3 aromatic carbocycles. The van der Waals surface area contributed by atoms with Crippen molar-refractivity contribution >= 4 is 28.1 Å². The van der Waals surface area contributed by atoms with Crippen LogP contribution in [0.4, 0.5) is 17.1 Å². The van der Waals surface area contributed by atoms with Gasteiger partial charge in [-0.25, -0.2) is 9.98 Å². The number of rotatable bonds is 8. The molecule has 0 fully saturated rings. The lowest BCUT2D eigenvalue weighted by Gasteiger charge is -2.23. The van der Waals surface area contributed by atoms with E-state index in [9.17, 15) is 0 Å². The summed E-state index contributed by atoms with van der Waals surface area (Å²) in [7, 11) is 0. The molecule has 35 heavy (non-hydrogen) atoms. The molecule has 0 saturated heterocycles. The molecule has 0 amide bonds. The zero-order valence-corrected chi connectivity index (χ0v) is 20.4. The highest BCUT2D eigenvalue weighted by atomic mass is 15.1. The Hall–Kier alpha value is -3.96. The smallest absolute Gasteiger partial charge is 0.0897 e. The Balaban J connectivity index is 1.72. The van der Waals surface area contributed by atoms with Crippen LogP contribution < -0.4 is 10.7 Å². The van der Waals surface area contributed by atoms with E-state index >= 15 is 0 Å². The Morgan fingerprint density at radius 3 is 2.26 bits per heavy atom. The van der Waals surface area contributed by atoms with E-state index in [-0.39, 0.29) is 0 Å². The Bertz CT molecular complexity index is 1440. The van der Waals surface area contributed by atoms with Crippen molar-refractivity contribution in [3.63, 3.8) is 0 Å². The van der Waals surface area contributed by atoms with Crippen LogP contribution in [0.2, 0.25) is 0 Å². The molecule has 0 aromatic heterocycles. The second-order valence-corrected chi connectivity index (χ2v) is 8.58. The molecule has 0 bridgehead atoms. The monoisotopic (exact) mass is 461 g/mol. The van der Waals surface area contributed by atoms with Crippen LogP contribution in [0, 0.1) is 0 Å². The van der Waals surface area contributed by atoms with Gasteiger partial charge in [0.1, 0.15) is 0 Å². The van der Waals surface area contributed by atoms with Crippen molar-refractivity contribution in [2.45, 2.75) is 20.4 Å². The van der Waals surface area contributed by atoms with Crippen LogP contribution in [0.1, 0.15) is 13.8 Å². The maximum atomic E-state index is 5.04. The topological polar surface area (TPSA) is 45.5 Å². The molecule has 0 saturated carbocycles. The largest absolute Gasteiger partial charge is 0.354 e. The van der Waals surface area contributed by atoms with Gasteiger partial charge in [-0.15, -0.1) is 0 Å². The fourth-order valence-electron chi connectivity index (χ4n) is 4.45. The van der Waals surface area contributed by atoms with Gasteiger partial charge in [-0.1, -0.05) is 62.4 Å². The lowest BCUT2D eigenvalue weighted by molar-refractivity contribution is 0.292. The van der Waals surface area contributed by atoms with E-state index in [0.717, 1.165) is 71.0 Å². The molecule has 1 heterocycles. The molecule has 5 rings (SSSR count). The number of para-hydroxylation sites is 4. The zero-order valence-electron chi connectivity index (χ0n) is 20.4. The van der Waals surface area contributed by atoms with Crippen molar-refractivity contribution in [1.82, 2.24) is 14.5 Å². The molecule has 0 spiro atoms. The molecule has 0 atom stereocenters. The van der Waals surface area contributed by atoms with Gasteiger partial charge in [0.15, 0.2) is 0 Å². The van der Waals surface area contributed by atoms with Crippen molar-refractivity contribution in [3.8, 4) is 11.4 Å². The normalized spacial score (nSPS) is 12.0.